The zero-order valence-corrected chi connectivity index (χ0v) is 9.66. The van der Waals surface area contributed by atoms with Crippen LogP contribution in [0.4, 0.5) is 4.39 Å². The standard InChI is InChI=1S/C12H13FO4/c1-3-17-12(15)11(14)8-5-4-6-10(16-2)9(8)7-13/h4-6H,3,7H2,1-2H3. The van der Waals surface area contributed by atoms with Gasteiger partial charge in [-0.1, -0.05) is 12.1 Å². The van der Waals surface area contributed by atoms with E-state index < -0.39 is 18.4 Å². The highest BCUT2D eigenvalue weighted by atomic mass is 19.1. The lowest BCUT2D eigenvalue weighted by molar-refractivity contribution is -0.137. The van der Waals surface area contributed by atoms with E-state index in [1.807, 2.05) is 0 Å². The molecule has 0 atom stereocenters. The Labute approximate surface area is 98.3 Å². The van der Waals surface area contributed by atoms with Crippen molar-refractivity contribution in [2.45, 2.75) is 13.6 Å². The Hall–Kier alpha value is -1.91. The van der Waals surface area contributed by atoms with Gasteiger partial charge in [-0.2, -0.15) is 0 Å². The highest BCUT2D eigenvalue weighted by Crippen LogP contribution is 2.23. The lowest BCUT2D eigenvalue weighted by Crippen LogP contribution is -2.19. The Morgan fingerprint density at radius 3 is 2.59 bits per heavy atom. The molecule has 0 aliphatic carbocycles. The van der Waals surface area contributed by atoms with Crippen molar-refractivity contribution in [3.8, 4) is 5.75 Å². The van der Waals surface area contributed by atoms with E-state index >= 15 is 0 Å². The van der Waals surface area contributed by atoms with E-state index in [2.05, 4.69) is 4.74 Å². The molecule has 4 nitrogen and oxygen atoms in total. The molecule has 0 saturated heterocycles. The lowest BCUT2D eigenvalue weighted by Gasteiger charge is -2.09. The van der Waals surface area contributed by atoms with Gasteiger partial charge in [0.25, 0.3) is 5.78 Å². The van der Waals surface area contributed by atoms with Crippen molar-refractivity contribution >= 4 is 11.8 Å². The van der Waals surface area contributed by atoms with Crippen molar-refractivity contribution in [1.82, 2.24) is 0 Å². The number of hydrogen-bond acceptors (Lipinski definition) is 4. The molecular weight excluding hydrogens is 227 g/mol. The molecule has 0 fully saturated rings. The Morgan fingerprint density at radius 2 is 2.06 bits per heavy atom. The SMILES string of the molecule is CCOC(=O)C(=O)c1cccc(OC)c1CF. The molecule has 0 aliphatic rings. The fourth-order valence-corrected chi connectivity index (χ4v) is 1.41. The first kappa shape index (κ1) is 13.2. The van der Waals surface area contributed by atoms with Crippen LogP contribution in [0.3, 0.4) is 0 Å². The van der Waals surface area contributed by atoms with Crippen LogP contribution < -0.4 is 4.74 Å². The topological polar surface area (TPSA) is 52.6 Å². The Bertz CT molecular complexity index is 429. The van der Waals surface area contributed by atoms with Crippen molar-refractivity contribution in [2.24, 2.45) is 0 Å². The van der Waals surface area contributed by atoms with E-state index in [0.717, 1.165) is 0 Å². The molecule has 0 unspecified atom stereocenters. The van der Waals surface area contributed by atoms with Crippen molar-refractivity contribution in [1.29, 1.82) is 0 Å². The molecule has 92 valence electrons. The molecule has 0 saturated carbocycles. The summed E-state index contributed by atoms with van der Waals surface area (Å²) >= 11 is 0. The molecule has 0 N–H and O–H groups in total. The Kier molecular flexibility index (Phi) is 4.63. The molecule has 0 amide bonds. The van der Waals surface area contributed by atoms with Crippen molar-refractivity contribution < 1.29 is 23.5 Å². The first-order chi connectivity index (χ1) is 8.15. The fourth-order valence-electron chi connectivity index (χ4n) is 1.41. The molecule has 17 heavy (non-hydrogen) atoms. The highest BCUT2D eigenvalue weighted by molar-refractivity contribution is 6.41. The first-order valence-electron chi connectivity index (χ1n) is 5.09. The van der Waals surface area contributed by atoms with E-state index in [9.17, 15) is 14.0 Å². The van der Waals surface area contributed by atoms with Gasteiger partial charge in [0.2, 0.25) is 0 Å². The summed E-state index contributed by atoms with van der Waals surface area (Å²) in [6, 6.07) is 4.41. The normalized spacial score (nSPS) is 9.82. The van der Waals surface area contributed by atoms with Gasteiger partial charge in [-0.05, 0) is 13.0 Å². The van der Waals surface area contributed by atoms with Crippen LogP contribution in [-0.4, -0.2) is 25.5 Å². The third-order valence-electron chi connectivity index (χ3n) is 2.19. The quantitative estimate of drug-likeness (QED) is 0.448. The van der Waals surface area contributed by atoms with Gasteiger partial charge in [0.1, 0.15) is 12.4 Å². The zero-order chi connectivity index (χ0) is 12.8. The molecule has 0 aliphatic heterocycles. The van der Waals surface area contributed by atoms with E-state index in [1.165, 1.54) is 25.3 Å². The number of Topliss-reactive ketones (excluding diaryl/α,β-unsaturated/α-hetero) is 1. The average molecular weight is 240 g/mol. The van der Waals surface area contributed by atoms with Gasteiger partial charge in [0, 0.05) is 11.1 Å². The third kappa shape index (κ3) is 2.81. The summed E-state index contributed by atoms with van der Waals surface area (Å²) in [6.07, 6.45) is 0. The van der Waals surface area contributed by atoms with Crippen LogP contribution in [0.25, 0.3) is 0 Å². The zero-order valence-electron chi connectivity index (χ0n) is 9.66. The number of esters is 1. The number of rotatable bonds is 5. The smallest absolute Gasteiger partial charge is 0.379 e. The molecule has 1 aromatic carbocycles. The van der Waals surface area contributed by atoms with Gasteiger partial charge in [0.15, 0.2) is 0 Å². The molecule has 5 heteroatoms. The van der Waals surface area contributed by atoms with Crippen molar-refractivity contribution in [3.05, 3.63) is 29.3 Å². The number of alkyl halides is 1. The summed E-state index contributed by atoms with van der Waals surface area (Å²) in [5.74, 6) is -1.61. The minimum atomic E-state index is -0.990. The summed E-state index contributed by atoms with van der Waals surface area (Å²) in [5.41, 5.74) is 0.0401. The van der Waals surface area contributed by atoms with Crippen LogP contribution in [0.5, 0.6) is 5.75 Å². The maximum Gasteiger partial charge on any atom is 0.379 e. The van der Waals surface area contributed by atoms with Gasteiger partial charge in [-0.3, -0.25) is 4.79 Å². The Morgan fingerprint density at radius 1 is 1.35 bits per heavy atom. The largest absolute Gasteiger partial charge is 0.496 e. The second kappa shape index (κ2) is 5.98. The fraction of sp³-hybridized carbons (Fsp3) is 0.333. The Balaban J connectivity index is 3.13. The third-order valence-corrected chi connectivity index (χ3v) is 2.19. The molecule has 0 bridgehead atoms. The maximum atomic E-state index is 12.9. The van der Waals surface area contributed by atoms with Gasteiger partial charge in [-0.25, -0.2) is 9.18 Å². The maximum absolute atomic E-state index is 12.9. The minimum Gasteiger partial charge on any atom is -0.496 e. The predicted molar refractivity (Wildman–Crippen MR) is 58.8 cm³/mol. The number of ether oxygens (including phenoxy) is 2. The molecule has 0 heterocycles. The van der Waals surface area contributed by atoms with Crippen LogP contribution in [0, 0.1) is 0 Å². The van der Waals surface area contributed by atoms with Gasteiger partial charge in [-0.15, -0.1) is 0 Å². The highest BCUT2D eigenvalue weighted by Gasteiger charge is 2.22. The molecule has 0 spiro atoms. The van der Waals surface area contributed by atoms with Crippen LogP contribution in [0.1, 0.15) is 22.8 Å². The summed E-state index contributed by atoms with van der Waals surface area (Å²) < 4.78 is 22.4. The van der Waals surface area contributed by atoms with E-state index in [0.29, 0.717) is 0 Å². The van der Waals surface area contributed by atoms with Crippen LogP contribution in [0.2, 0.25) is 0 Å². The number of benzene rings is 1. The number of carbonyl (C=O) groups excluding carboxylic acids is 2. The number of halogens is 1. The number of hydrogen-bond donors (Lipinski definition) is 0. The van der Waals surface area contributed by atoms with Gasteiger partial charge < -0.3 is 9.47 Å². The van der Waals surface area contributed by atoms with Crippen LogP contribution >= 0.6 is 0 Å². The van der Waals surface area contributed by atoms with Crippen LogP contribution in [0.15, 0.2) is 18.2 Å². The first-order valence-corrected chi connectivity index (χ1v) is 5.09. The molecule has 1 aromatic rings. The number of methoxy groups -OCH3 is 1. The monoisotopic (exact) mass is 240 g/mol. The molecule has 1 rings (SSSR count). The van der Waals surface area contributed by atoms with E-state index in [-0.39, 0.29) is 23.5 Å². The van der Waals surface area contributed by atoms with Crippen molar-refractivity contribution in [2.75, 3.05) is 13.7 Å². The van der Waals surface area contributed by atoms with E-state index in [4.69, 9.17) is 4.74 Å². The molecule has 0 radical (unpaired) electrons. The van der Waals surface area contributed by atoms with Crippen LogP contribution in [-0.2, 0) is 16.2 Å². The second-order valence-electron chi connectivity index (χ2n) is 3.17. The lowest BCUT2D eigenvalue weighted by atomic mass is 10.0. The average Bonchev–Trinajstić information content (AvgIpc) is 2.36. The van der Waals surface area contributed by atoms with E-state index in [1.54, 1.807) is 6.92 Å². The number of ketones is 1. The molecule has 0 aromatic heterocycles. The number of carbonyl (C=O) groups is 2. The molecular formula is C12H13FO4. The summed E-state index contributed by atoms with van der Waals surface area (Å²) in [4.78, 5) is 23.0. The summed E-state index contributed by atoms with van der Waals surface area (Å²) in [7, 11) is 1.37. The van der Waals surface area contributed by atoms with Crippen molar-refractivity contribution in [3.63, 3.8) is 0 Å². The summed E-state index contributed by atoms with van der Waals surface area (Å²) in [5, 5.41) is 0. The second-order valence-corrected chi connectivity index (χ2v) is 3.17. The summed E-state index contributed by atoms with van der Waals surface area (Å²) in [6.45, 7) is 0.802. The van der Waals surface area contributed by atoms with Gasteiger partial charge in [0.05, 0.1) is 13.7 Å². The predicted octanol–water partition coefficient (Wildman–Crippen LogP) is 1.91. The minimum absolute atomic E-state index is 0.0229. The van der Waals surface area contributed by atoms with Gasteiger partial charge >= 0.3 is 5.97 Å².